The van der Waals surface area contributed by atoms with Crippen LogP contribution in [0.4, 0.5) is 4.39 Å². The highest BCUT2D eigenvalue weighted by Crippen LogP contribution is 2.28. The van der Waals surface area contributed by atoms with E-state index < -0.39 is 0 Å². The van der Waals surface area contributed by atoms with Gasteiger partial charge in [0.2, 0.25) is 0 Å². The highest BCUT2D eigenvalue weighted by atomic mass is 19.1. The number of ether oxygens (including phenoxy) is 1. The molecule has 4 heterocycles. The van der Waals surface area contributed by atoms with Gasteiger partial charge >= 0.3 is 0 Å². The van der Waals surface area contributed by atoms with Crippen molar-refractivity contribution in [2.45, 2.75) is 18.9 Å². The first-order valence-corrected chi connectivity index (χ1v) is 9.88. The Morgan fingerprint density at radius 1 is 1.21 bits per heavy atom. The smallest absolute Gasteiger partial charge is 0.255 e. The maximum Gasteiger partial charge on any atom is 0.255 e. The van der Waals surface area contributed by atoms with E-state index in [1.807, 2.05) is 11.0 Å². The van der Waals surface area contributed by atoms with Gasteiger partial charge in [0.1, 0.15) is 5.82 Å². The molecule has 0 aliphatic carbocycles. The second kappa shape index (κ2) is 8.37. The van der Waals surface area contributed by atoms with Crippen LogP contribution >= 0.6 is 0 Å². The molecule has 6 heteroatoms. The van der Waals surface area contributed by atoms with E-state index in [-0.39, 0.29) is 11.7 Å². The topological polar surface area (TPSA) is 45.7 Å². The number of carbonyl (C=O) groups is 1. The molecule has 1 amide bonds. The summed E-state index contributed by atoms with van der Waals surface area (Å²) in [7, 11) is 1.73. The van der Waals surface area contributed by atoms with Crippen LogP contribution in [0.5, 0.6) is 0 Å². The molecule has 0 saturated carbocycles. The van der Waals surface area contributed by atoms with Crippen LogP contribution in [0.1, 0.15) is 23.2 Å². The number of aromatic nitrogens is 1. The van der Waals surface area contributed by atoms with Crippen molar-refractivity contribution in [1.29, 1.82) is 0 Å². The Morgan fingerprint density at radius 2 is 2.11 bits per heavy atom. The maximum absolute atomic E-state index is 13.4. The zero-order chi connectivity index (χ0) is 19.5. The molecule has 3 saturated heterocycles. The maximum atomic E-state index is 13.4. The Labute approximate surface area is 165 Å². The Bertz CT molecular complexity index is 827. The number of halogens is 1. The fourth-order valence-corrected chi connectivity index (χ4v) is 4.35. The molecule has 2 bridgehead atoms. The highest BCUT2D eigenvalue weighted by Gasteiger charge is 2.36. The SMILES string of the molecule is COCCN1C[C@H]2CC[C@@H]1CN(C(=O)c1ccc(-c3cccc(F)c3)nc1)C2. The van der Waals surface area contributed by atoms with E-state index in [4.69, 9.17) is 4.74 Å². The van der Waals surface area contributed by atoms with E-state index >= 15 is 0 Å². The second-order valence-corrected chi connectivity index (χ2v) is 7.74. The molecule has 148 valence electrons. The minimum absolute atomic E-state index is 0.0313. The number of amides is 1. The zero-order valence-corrected chi connectivity index (χ0v) is 16.2. The number of piperidine rings is 1. The monoisotopic (exact) mass is 383 g/mol. The van der Waals surface area contributed by atoms with E-state index in [0.717, 1.165) is 39.2 Å². The molecule has 5 rings (SSSR count). The van der Waals surface area contributed by atoms with Crippen LogP contribution in [0.15, 0.2) is 42.6 Å². The summed E-state index contributed by atoms with van der Waals surface area (Å²) in [5, 5.41) is 0. The minimum Gasteiger partial charge on any atom is -0.383 e. The number of methoxy groups -OCH3 is 1. The molecule has 5 nitrogen and oxygen atoms in total. The molecule has 1 aromatic heterocycles. The number of hydrogen-bond donors (Lipinski definition) is 0. The van der Waals surface area contributed by atoms with Crippen LogP contribution in [-0.4, -0.2) is 66.6 Å². The van der Waals surface area contributed by atoms with Crippen molar-refractivity contribution in [3.8, 4) is 11.3 Å². The summed E-state index contributed by atoms with van der Waals surface area (Å²) in [5.74, 6) is 0.250. The summed E-state index contributed by atoms with van der Waals surface area (Å²) in [4.78, 5) is 21.9. The van der Waals surface area contributed by atoms with Gasteiger partial charge < -0.3 is 9.64 Å². The molecule has 3 aliphatic rings. The average Bonchev–Trinajstić information content (AvgIpc) is 3.04. The van der Waals surface area contributed by atoms with Gasteiger partial charge in [-0.05, 0) is 43.0 Å². The molecule has 2 aromatic rings. The summed E-state index contributed by atoms with van der Waals surface area (Å²) in [6.45, 7) is 4.23. The van der Waals surface area contributed by atoms with Gasteiger partial charge in [-0.1, -0.05) is 12.1 Å². The van der Waals surface area contributed by atoms with Gasteiger partial charge in [-0.2, -0.15) is 0 Å². The predicted molar refractivity (Wildman–Crippen MR) is 105 cm³/mol. The van der Waals surface area contributed by atoms with E-state index in [1.54, 1.807) is 31.5 Å². The molecule has 0 radical (unpaired) electrons. The van der Waals surface area contributed by atoms with Gasteiger partial charge in [0.05, 0.1) is 17.9 Å². The van der Waals surface area contributed by atoms with Gasteiger partial charge in [-0.15, -0.1) is 0 Å². The van der Waals surface area contributed by atoms with Crippen molar-refractivity contribution in [3.63, 3.8) is 0 Å². The van der Waals surface area contributed by atoms with Crippen LogP contribution < -0.4 is 0 Å². The molecule has 3 aliphatic heterocycles. The number of hydrogen-bond acceptors (Lipinski definition) is 4. The van der Waals surface area contributed by atoms with Gasteiger partial charge in [0, 0.05) is 51.1 Å². The van der Waals surface area contributed by atoms with Gasteiger partial charge in [0.25, 0.3) is 5.91 Å². The summed E-state index contributed by atoms with van der Waals surface area (Å²) < 4.78 is 18.7. The third-order valence-corrected chi connectivity index (χ3v) is 5.83. The quantitative estimate of drug-likeness (QED) is 0.796. The average molecular weight is 383 g/mol. The van der Waals surface area contributed by atoms with Crippen LogP contribution in [0.3, 0.4) is 0 Å². The standard InChI is InChI=1S/C22H26FN3O2/c1-28-10-9-25-13-16-5-7-20(25)15-26(14-16)22(27)18-6-8-21(24-12-18)17-3-2-4-19(23)11-17/h2-4,6,8,11-12,16,20H,5,7,9-10,13-15H2,1H3/t16-,20-/m1/s1. The third kappa shape index (κ3) is 4.08. The fraction of sp³-hybridized carbons (Fsp3) is 0.455. The Morgan fingerprint density at radius 3 is 2.86 bits per heavy atom. The minimum atomic E-state index is -0.294. The first kappa shape index (κ1) is 19.0. The highest BCUT2D eigenvalue weighted by molar-refractivity contribution is 5.94. The molecule has 0 unspecified atom stereocenters. The van der Waals surface area contributed by atoms with Crippen molar-refractivity contribution >= 4 is 5.91 Å². The molecule has 2 atom stereocenters. The lowest BCUT2D eigenvalue weighted by molar-refractivity contribution is 0.0717. The Hall–Kier alpha value is -2.31. The van der Waals surface area contributed by atoms with E-state index in [1.165, 1.54) is 18.6 Å². The van der Waals surface area contributed by atoms with E-state index in [0.29, 0.717) is 28.8 Å². The molecule has 1 aromatic carbocycles. The first-order valence-electron chi connectivity index (χ1n) is 9.88. The number of fused-ring (bicyclic) bond motifs is 4. The molecule has 28 heavy (non-hydrogen) atoms. The number of nitrogens with zero attached hydrogens (tertiary/aromatic N) is 3. The molecule has 0 N–H and O–H groups in total. The Balaban J connectivity index is 1.47. The molecule has 0 spiro atoms. The van der Waals surface area contributed by atoms with Crippen LogP contribution in [-0.2, 0) is 4.74 Å². The van der Waals surface area contributed by atoms with Crippen molar-refractivity contribution < 1.29 is 13.9 Å². The van der Waals surface area contributed by atoms with Crippen LogP contribution in [0.2, 0.25) is 0 Å². The van der Waals surface area contributed by atoms with Crippen LogP contribution in [0.25, 0.3) is 11.3 Å². The summed E-state index contributed by atoms with van der Waals surface area (Å²) in [6, 6.07) is 10.3. The largest absolute Gasteiger partial charge is 0.383 e. The zero-order valence-electron chi connectivity index (χ0n) is 16.2. The molecule has 3 fully saturated rings. The molecular weight excluding hydrogens is 357 g/mol. The van der Waals surface area contributed by atoms with Crippen molar-refractivity contribution in [3.05, 3.63) is 54.0 Å². The predicted octanol–water partition coefficient (Wildman–Crippen LogP) is 3.07. The fourth-order valence-electron chi connectivity index (χ4n) is 4.35. The van der Waals surface area contributed by atoms with Gasteiger partial charge in [-0.25, -0.2) is 4.39 Å². The lowest BCUT2D eigenvalue weighted by Crippen LogP contribution is -2.45. The number of benzene rings is 1. The summed E-state index contributed by atoms with van der Waals surface area (Å²) >= 11 is 0. The van der Waals surface area contributed by atoms with Crippen molar-refractivity contribution in [1.82, 2.24) is 14.8 Å². The third-order valence-electron chi connectivity index (χ3n) is 5.83. The normalized spacial score (nSPS) is 22.3. The number of carbonyl (C=O) groups excluding carboxylic acids is 1. The summed E-state index contributed by atoms with van der Waals surface area (Å²) in [6.07, 6.45) is 3.92. The van der Waals surface area contributed by atoms with E-state index in [9.17, 15) is 9.18 Å². The summed E-state index contributed by atoms with van der Waals surface area (Å²) in [5.41, 5.74) is 1.96. The van der Waals surface area contributed by atoms with Gasteiger partial charge in [0.15, 0.2) is 0 Å². The number of pyridine rings is 1. The Kier molecular flexibility index (Phi) is 5.69. The van der Waals surface area contributed by atoms with E-state index in [2.05, 4.69) is 9.88 Å². The second-order valence-electron chi connectivity index (χ2n) is 7.74. The number of rotatable bonds is 5. The molecular formula is C22H26FN3O2. The lowest BCUT2D eigenvalue weighted by atomic mass is 9.95. The lowest BCUT2D eigenvalue weighted by Gasteiger charge is -2.35. The first-order chi connectivity index (χ1) is 13.6. The van der Waals surface area contributed by atoms with Crippen molar-refractivity contribution in [2.24, 2.45) is 5.92 Å². The van der Waals surface area contributed by atoms with Gasteiger partial charge in [-0.3, -0.25) is 14.7 Å². The van der Waals surface area contributed by atoms with Crippen molar-refractivity contribution in [2.75, 3.05) is 39.9 Å². The van der Waals surface area contributed by atoms with Crippen LogP contribution in [0, 0.1) is 11.7 Å².